The van der Waals surface area contributed by atoms with Crippen molar-refractivity contribution in [1.29, 1.82) is 0 Å². The molecule has 2 aromatic carbocycles. The Bertz CT molecular complexity index is 1370. The van der Waals surface area contributed by atoms with Gasteiger partial charge in [-0.2, -0.15) is 0 Å². The molecule has 4 rings (SSSR count). The Morgan fingerprint density at radius 3 is 2.45 bits per heavy atom. The largest absolute Gasteiger partial charge is 0.292 e. The summed E-state index contributed by atoms with van der Waals surface area (Å²) < 4.78 is 2.25. The van der Waals surface area contributed by atoms with Gasteiger partial charge in [0.15, 0.2) is 0 Å². The van der Waals surface area contributed by atoms with Crippen LogP contribution < -0.4 is 11.0 Å². The van der Waals surface area contributed by atoms with Crippen molar-refractivity contribution >= 4 is 37.3 Å². The monoisotopic (exact) mass is 407 g/mol. The van der Waals surface area contributed by atoms with Crippen molar-refractivity contribution in [3.8, 4) is 11.4 Å². The zero-order chi connectivity index (χ0) is 20.7. The van der Waals surface area contributed by atoms with E-state index < -0.39 is 4.92 Å². The van der Waals surface area contributed by atoms with E-state index in [1.54, 1.807) is 24.3 Å². The maximum atomic E-state index is 13.3. The number of hydrogen-bond donors (Lipinski definition) is 0. The highest BCUT2D eigenvalue weighted by atomic mass is 32.1. The van der Waals surface area contributed by atoms with Gasteiger partial charge in [0.1, 0.15) is 16.0 Å². The first-order valence-electron chi connectivity index (χ1n) is 9.08. The van der Waals surface area contributed by atoms with E-state index in [1.807, 2.05) is 26.0 Å². The summed E-state index contributed by atoms with van der Waals surface area (Å²) in [5.74, 6) is 0.542. The number of fused-ring (bicyclic) bond motifs is 2. The van der Waals surface area contributed by atoms with Crippen molar-refractivity contribution in [2.24, 2.45) is 5.92 Å². The zero-order valence-electron chi connectivity index (χ0n) is 15.8. The summed E-state index contributed by atoms with van der Waals surface area (Å²) >= 11 is 1.29. The van der Waals surface area contributed by atoms with Gasteiger partial charge in [-0.15, -0.1) is 11.3 Å². The molecule has 0 aliphatic heterocycles. The summed E-state index contributed by atoms with van der Waals surface area (Å²) in [6.45, 7) is 4.32. The van der Waals surface area contributed by atoms with E-state index in [0.29, 0.717) is 28.1 Å². The van der Waals surface area contributed by atoms with Crippen LogP contribution in [0.4, 0.5) is 5.69 Å². The quantitative estimate of drug-likeness (QED) is 0.287. The van der Waals surface area contributed by atoms with Crippen molar-refractivity contribution in [3.63, 3.8) is 0 Å². The lowest BCUT2D eigenvalue weighted by molar-refractivity contribution is -0.384. The van der Waals surface area contributed by atoms with Gasteiger partial charge in [-0.25, -0.2) is 4.98 Å². The lowest BCUT2D eigenvalue weighted by Gasteiger charge is -2.15. The van der Waals surface area contributed by atoms with E-state index in [0.717, 1.165) is 4.70 Å². The molecule has 4 aromatic rings. The molecule has 2 aromatic heterocycles. The summed E-state index contributed by atoms with van der Waals surface area (Å²) in [4.78, 5) is 41.8. The molecule has 146 valence electrons. The Labute approximate surface area is 169 Å². The second kappa shape index (κ2) is 7.21. The van der Waals surface area contributed by atoms with E-state index in [4.69, 9.17) is 0 Å². The number of aromatic nitrogens is 2. The number of hydrogen-bond acceptors (Lipinski definition) is 6. The smallest absolute Gasteiger partial charge is 0.269 e. The average Bonchev–Trinajstić information content (AvgIpc) is 2.69. The van der Waals surface area contributed by atoms with Crippen LogP contribution in [0.1, 0.15) is 13.8 Å². The molecule has 0 amide bonds. The van der Waals surface area contributed by atoms with Gasteiger partial charge in [0.05, 0.1) is 4.92 Å². The normalized spacial score (nSPS) is 11.4. The molecule has 0 N–H and O–H groups in total. The Balaban J connectivity index is 2.07. The van der Waals surface area contributed by atoms with Crippen LogP contribution in [-0.4, -0.2) is 14.5 Å². The summed E-state index contributed by atoms with van der Waals surface area (Å²) in [6, 6.07) is 13.1. The SMILES string of the molecule is CC(C)Cn1c(-c2ccc([N+](=O)[O-])cc2)nc2sc3ccccc3c(=O)c2c1=O. The highest BCUT2D eigenvalue weighted by Gasteiger charge is 2.18. The molecule has 2 heterocycles. The molecule has 0 unspecified atom stereocenters. The van der Waals surface area contributed by atoms with Crippen LogP contribution in [0.3, 0.4) is 0 Å². The first-order chi connectivity index (χ1) is 13.9. The average molecular weight is 407 g/mol. The van der Waals surface area contributed by atoms with E-state index in [9.17, 15) is 19.7 Å². The molecule has 0 bridgehead atoms. The van der Waals surface area contributed by atoms with E-state index in [1.165, 1.54) is 28.0 Å². The Kier molecular flexibility index (Phi) is 4.71. The third kappa shape index (κ3) is 3.31. The molecule has 0 saturated carbocycles. The molecule has 0 saturated heterocycles. The van der Waals surface area contributed by atoms with Crippen LogP contribution in [0.5, 0.6) is 0 Å². The molecule has 0 spiro atoms. The highest BCUT2D eigenvalue weighted by Crippen LogP contribution is 2.26. The van der Waals surface area contributed by atoms with Gasteiger partial charge >= 0.3 is 0 Å². The number of non-ortho nitro benzene ring substituents is 1. The van der Waals surface area contributed by atoms with Crippen molar-refractivity contribution in [2.45, 2.75) is 20.4 Å². The Morgan fingerprint density at radius 1 is 1.10 bits per heavy atom. The molecule has 0 atom stereocenters. The highest BCUT2D eigenvalue weighted by molar-refractivity contribution is 7.24. The summed E-state index contributed by atoms with van der Waals surface area (Å²) in [5, 5.41) is 11.5. The van der Waals surface area contributed by atoms with Crippen molar-refractivity contribution < 1.29 is 4.92 Å². The Morgan fingerprint density at radius 2 is 1.79 bits per heavy atom. The lowest BCUT2D eigenvalue weighted by Crippen LogP contribution is -2.28. The fourth-order valence-electron chi connectivity index (χ4n) is 3.27. The van der Waals surface area contributed by atoms with Gasteiger partial charge in [-0.1, -0.05) is 26.0 Å². The maximum Gasteiger partial charge on any atom is 0.269 e. The van der Waals surface area contributed by atoms with Crippen LogP contribution in [0.25, 0.3) is 31.7 Å². The van der Waals surface area contributed by atoms with Crippen LogP contribution in [-0.2, 0) is 6.54 Å². The molecule has 7 nitrogen and oxygen atoms in total. The molecule has 0 radical (unpaired) electrons. The number of nitro groups is 1. The third-order valence-corrected chi connectivity index (χ3v) is 5.65. The van der Waals surface area contributed by atoms with E-state index in [2.05, 4.69) is 4.98 Å². The Hall–Kier alpha value is -3.39. The van der Waals surface area contributed by atoms with Gasteiger partial charge in [0, 0.05) is 34.3 Å². The third-order valence-electron chi connectivity index (χ3n) is 4.59. The molecular weight excluding hydrogens is 390 g/mol. The van der Waals surface area contributed by atoms with Crippen LogP contribution in [0.2, 0.25) is 0 Å². The predicted octanol–water partition coefficient (Wildman–Crippen LogP) is 4.20. The minimum Gasteiger partial charge on any atom is -0.292 e. The molecular formula is C21H17N3O4S. The number of nitrogens with zero attached hydrogens (tertiary/aromatic N) is 3. The van der Waals surface area contributed by atoms with Crippen LogP contribution in [0.15, 0.2) is 58.1 Å². The van der Waals surface area contributed by atoms with Gasteiger partial charge in [0.2, 0.25) is 5.43 Å². The summed E-state index contributed by atoms with van der Waals surface area (Å²) in [7, 11) is 0. The number of nitro benzene ring substituents is 1. The topological polar surface area (TPSA) is 95.1 Å². The van der Waals surface area contributed by atoms with Crippen molar-refractivity contribution in [3.05, 3.63) is 79.2 Å². The van der Waals surface area contributed by atoms with E-state index in [-0.39, 0.29) is 28.0 Å². The van der Waals surface area contributed by atoms with E-state index >= 15 is 0 Å². The van der Waals surface area contributed by atoms with Gasteiger partial charge < -0.3 is 0 Å². The van der Waals surface area contributed by atoms with Gasteiger partial charge in [-0.05, 0) is 30.2 Å². The fourth-order valence-corrected chi connectivity index (χ4v) is 4.31. The van der Waals surface area contributed by atoms with Crippen LogP contribution >= 0.6 is 11.3 Å². The maximum absolute atomic E-state index is 13.3. The van der Waals surface area contributed by atoms with Gasteiger partial charge in [-0.3, -0.25) is 24.3 Å². The van der Waals surface area contributed by atoms with Gasteiger partial charge in [0.25, 0.3) is 11.2 Å². The molecule has 29 heavy (non-hydrogen) atoms. The summed E-state index contributed by atoms with van der Waals surface area (Å²) in [6.07, 6.45) is 0. The second-order valence-corrected chi connectivity index (χ2v) is 8.19. The number of rotatable bonds is 4. The first-order valence-corrected chi connectivity index (χ1v) is 9.89. The minimum absolute atomic E-state index is 0.0389. The molecule has 0 fully saturated rings. The molecule has 0 aliphatic rings. The van der Waals surface area contributed by atoms with Crippen molar-refractivity contribution in [1.82, 2.24) is 9.55 Å². The molecule has 0 aliphatic carbocycles. The number of benzene rings is 2. The van der Waals surface area contributed by atoms with Crippen LogP contribution in [0, 0.1) is 16.0 Å². The fraction of sp³-hybridized carbons (Fsp3) is 0.190. The summed E-state index contributed by atoms with van der Waals surface area (Å²) in [5.41, 5.74) is -0.158. The second-order valence-electron chi connectivity index (χ2n) is 7.16. The first kappa shape index (κ1) is 18.9. The zero-order valence-corrected chi connectivity index (χ0v) is 16.6. The standard InChI is InChI=1S/C21H17N3O4S/c1-12(2)11-23-19(13-7-9-14(10-8-13)24(27)28)22-20-17(21(23)26)18(25)15-5-3-4-6-16(15)29-20/h3-10,12H,11H2,1-2H3. The van der Waals surface area contributed by atoms with Crippen molar-refractivity contribution in [2.75, 3.05) is 0 Å². The molecule has 8 heteroatoms. The lowest BCUT2D eigenvalue weighted by atomic mass is 10.1. The predicted molar refractivity (Wildman–Crippen MR) is 115 cm³/mol. The minimum atomic E-state index is -0.475.